The fourth-order valence-corrected chi connectivity index (χ4v) is 4.60. The lowest BCUT2D eigenvalue weighted by Gasteiger charge is -2.28. The number of aromatic nitrogens is 2. The van der Waals surface area contributed by atoms with Crippen LogP contribution >= 0.6 is 0 Å². The highest BCUT2D eigenvalue weighted by Gasteiger charge is 2.31. The quantitative estimate of drug-likeness (QED) is 0.607. The first-order valence-electron chi connectivity index (χ1n) is 11.0. The normalized spacial score (nSPS) is 15.8. The Morgan fingerprint density at radius 1 is 1.21 bits per heavy atom. The van der Waals surface area contributed by atoms with Crippen molar-refractivity contribution in [1.82, 2.24) is 14.5 Å². The monoisotopic (exact) mass is 451 g/mol. The number of carbonyl (C=O) groups is 1. The van der Waals surface area contributed by atoms with Crippen LogP contribution in [0.1, 0.15) is 51.6 Å². The lowest BCUT2D eigenvalue weighted by Crippen LogP contribution is -2.29. The molecule has 33 heavy (non-hydrogen) atoms. The molecule has 0 bridgehead atoms. The highest BCUT2D eigenvalue weighted by Crippen LogP contribution is 2.42. The van der Waals surface area contributed by atoms with E-state index >= 15 is 0 Å². The molecule has 1 aliphatic carbocycles. The minimum Gasteiger partial charge on any atom is -0.497 e. The summed E-state index contributed by atoms with van der Waals surface area (Å²) in [7, 11) is 3.24. The molecule has 172 valence electrons. The van der Waals surface area contributed by atoms with Gasteiger partial charge < -0.3 is 19.1 Å². The van der Waals surface area contributed by atoms with E-state index in [0.29, 0.717) is 24.7 Å². The molecular weight excluding hydrogens is 425 g/mol. The predicted octanol–water partition coefficient (Wildman–Crippen LogP) is 4.16. The van der Waals surface area contributed by atoms with Crippen molar-refractivity contribution in [2.24, 2.45) is 0 Å². The molecule has 5 rings (SSSR count). The van der Waals surface area contributed by atoms with Crippen molar-refractivity contribution >= 4 is 5.97 Å². The number of benzene rings is 2. The first-order valence-corrected chi connectivity index (χ1v) is 11.0. The predicted molar refractivity (Wildman–Crippen MR) is 120 cm³/mol. The topological polar surface area (TPSA) is 76.8 Å². The molecule has 0 saturated heterocycles. The summed E-state index contributed by atoms with van der Waals surface area (Å²) in [6.07, 6.45) is 4.76. The Balaban J connectivity index is 1.56. The van der Waals surface area contributed by atoms with E-state index in [-0.39, 0.29) is 5.56 Å². The van der Waals surface area contributed by atoms with E-state index in [1.807, 2.05) is 22.8 Å². The molecule has 2 aromatic carbocycles. The Hall–Kier alpha value is -3.39. The molecule has 3 aromatic rings. The molecule has 1 fully saturated rings. The smallest absolute Gasteiger partial charge is 0.338 e. The maximum Gasteiger partial charge on any atom is 0.338 e. The second-order valence-electron chi connectivity index (χ2n) is 8.63. The lowest BCUT2D eigenvalue weighted by molar-refractivity contribution is 0.0691. The number of ether oxygens (including phenoxy) is 2. The Bertz CT molecular complexity index is 1220. The fraction of sp³-hybridized carbons (Fsp3) is 0.360. The van der Waals surface area contributed by atoms with Crippen LogP contribution in [0.25, 0.3) is 5.69 Å². The lowest BCUT2D eigenvalue weighted by atomic mass is 10.0. The number of nitrogens with zero attached hydrogens (tertiary/aromatic N) is 3. The van der Waals surface area contributed by atoms with Crippen LogP contribution in [0.4, 0.5) is 4.39 Å². The van der Waals surface area contributed by atoms with E-state index in [1.54, 1.807) is 20.5 Å². The van der Waals surface area contributed by atoms with Crippen LogP contribution < -0.4 is 9.47 Å². The molecule has 0 spiro atoms. The zero-order chi connectivity index (χ0) is 23.1. The van der Waals surface area contributed by atoms with E-state index in [9.17, 15) is 14.3 Å². The summed E-state index contributed by atoms with van der Waals surface area (Å²) in [5, 5.41) is 9.49. The van der Waals surface area contributed by atoms with Gasteiger partial charge in [0.05, 0.1) is 37.5 Å². The van der Waals surface area contributed by atoms with Crippen molar-refractivity contribution < 1.29 is 23.8 Å². The molecule has 2 aliphatic rings. The maximum absolute atomic E-state index is 14.7. The van der Waals surface area contributed by atoms with Crippen LogP contribution in [-0.2, 0) is 19.5 Å². The van der Waals surface area contributed by atoms with E-state index in [0.717, 1.165) is 59.8 Å². The van der Waals surface area contributed by atoms with E-state index in [4.69, 9.17) is 9.47 Å². The van der Waals surface area contributed by atoms with Gasteiger partial charge in [0.2, 0.25) is 0 Å². The Morgan fingerprint density at radius 3 is 2.73 bits per heavy atom. The molecule has 0 unspecified atom stereocenters. The molecule has 1 saturated carbocycles. The number of methoxy groups -OCH3 is 2. The molecule has 2 heterocycles. The largest absolute Gasteiger partial charge is 0.497 e. The molecule has 0 radical (unpaired) electrons. The zero-order valence-electron chi connectivity index (χ0n) is 18.7. The maximum atomic E-state index is 14.7. The van der Waals surface area contributed by atoms with Crippen LogP contribution in [0.2, 0.25) is 0 Å². The minimum absolute atomic E-state index is 0.328. The number of fused-ring (bicyclic) bond motifs is 3. The van der Waals surface area contributed by atoms with Crippen LogP contribution in [0, 0.1) is 5.82 Å². The first kappa shape index (κ1) is 21.5. The molecular formula is C25H26FN3O4. The van der Waals surface area contributed by atoms with Gasteiger partial charge in [-0.15, -0.1) is 0 Å². The zero-order valence-corrected chi connectivity index (χ0v) is 18.7. The summed E-state index contributed by atoms with van der Waals surface area (Å²) in [6.45, 7) is 1.82. The Morgan fingerprint density at radius 2 is 2.03 bits per heavy atom. The highest BCUT2D eigenvalue weighted by atomic mass is 19.1. The van der Waals surface area contributed by atoms with Gasteiger partial charge in [0.1, 0.15) is 17.3 Å². The summed E-state index contributed by atoms with van der Waals surface area (Å²) < 4.78 is 27.5. The molecule has 8 heteroatoms. The second-order valence-corrected chi connectivity index (χ2v) is 8.63. The molecule has 7 nitrogen and oxygen atoms in total. The van der Waals surface area contributed by atoms with Crippen LogP contribution in [-0.4, -0.2) is 46.3 Å². The molecule has 1 aliphatic heterocycles. The summed E-state index contributed by atoms with van der Waals surface area (Å²) >= 11 is 0. The highest BCUT2D eigenvalue weighted by molar-refractivity contribution is 5.89. The summed E-state index contributed by atoms with van der Waals surface area (Å²) in [4.78, 5) is 18.5. The van der Waals surface area contributed by atoms with Gasteiger partial charge in [-0.1, -0.05) is 6.07 Å². The molecule has 0 atom stereocenters. The number of halogens is 1. The van der Waals surface area contributed by atoms with Gasteiger partial charge in [-0.2, -0.15) is 0 Å². The van der Waals surface area contributed by atoms with Gasteiger partial charge in [0, 0.05) is 49.3 Å². The van der Waals surface area contributed by atoms with Crippen LogP contribution in [0.15, 0.2) is 36.7 Å². The van der Waals surface area contributed by atoms with Gasteiger partial charge in [0.15, 0.2) is 0 Å². The van der Waals surface area contributed by atoms with E-state index in [1.165, 1.54) is 12.1 Å². The van der Waals surface area contributed by atoms with E-state index in [2.05, 4.69) is 9.88 Å². The van der Waals surface area contributed by atoms with Gasteiger partial charge in [-0.25, -0.2) is 14.2 Å². The number of rotatable bonds is 6. The number of hydrogen-bond acceptors (Lipinski definition) is 5. The number of carboxylic acid groups (broad SMARTS) is 1. The molecule has 1 aromatic heterocycles. The van der Waals surface area contributed by atoms with Gasteiger partial charge in [-0.05, 0) is 36.6 Å². The van der Waals surface area contributed by atoms with Crippen molar-refractivity contribution in [3.63, 3.8) is 0 Å². The van der Waals surface area contributed by atoms with Crippen molar-refractivity contribution in [2.45, 2.75) is 38.3 Å². The standard InChI is InChI=1S/C25H26FN3O4/c1-32-18-6-5-16(23(10-18)33-2)12-28-8-7-21-24(15-3-4-15)27-14-29(21)22-11-19(25(30)31)20(26)9-17(22)13-28/h5-6,9-11,14-15H,3-4,7-8,12-13H2,1-2H3,(H,30,31). The summed E-state index contributed by atoms with van der Waals surface area (Å²) in [6, 6.07) is 8.52. The number of aromatic carboxylic acids is 1. The van der Waals surface area contributed by atoms with Crippen molar-refractivity contribution in [2.75, 3.05) is 20.8 Å². The molecule has 0 amide bonds. The van der Waals surface area contributed by atoms with Gasteiger partial charge in [-0.3, -0.25) is 4.90 Å². The third kappa shape index (κ3) is 4.06. The van der Waals surface area contributed by atoms with Gasteiger partial charge in [0.25, 0.3) is 0 Å². The summed E-state index contributed by atoms with van der Waals surface area (Å²) in [5.41, 5.74) is 4.23. The third-order valence-electron chi connectivity index (χ3n) is 6.47. The second kappa shape index (κ2) is 8.51. The van der Waals surface area contributed by atoms with Crippen LogP contribution in [0.3, 0.4) is 0 Å². The fourth-order valence-electron chi connectivity index (χ4n) is 4.60. The number of hydrogen-bond donors (Lipinski definition) is 1. The summed E-state index contributed by atoms with van der Waals surface area (Å²) in [5.74, 6) is -0.101. The van der Waals surface area contributed by atoms with Gasteiger partial charge >= 0.3 is 5.97 Å². The Kier molecular flexibility index (Phi) is 5.54. The SMILES string of the molecule is COc1ccc(CN2CCc3c(C4CC4)ncn3-c3cc(C(=O)O)c(F)cc3C2)c(OC)c1. The number of carboxylic acids is 1. The van der Waals surface area contributed by atoms with Crippen LogP contribution in [0.5, 0.6) is 11.5 Å². The minimum atomic E-state index is -1.28. The molecule has 1 N–H and O–H groups in total. The average Bonchev–Trinajstić information content (AvgIpc) is 3.56. The van der Waals surface area contributed by atoms with Crippen molar-refractivity contribution in [3.05, 3.63) is 70.6 Å². The Labute approximate surface area is 191 Å². The van der Waals surface area contributed by atoms with Crippen molar-refractivity contribution in [1.29, 1.82) is 0 Å². The average molecular weight is 451 g/mol. The van der Waals surface area contributed by atoms with E-state index < -0.39 is 11.8 Å². The number of imidazole rings is 1. The third-order valence-corrected chi connectivity index (χ3v) is 6.47. The first-order chi connectivity index (χ1) is 16.0. The van der Waals surface area contributed by atoms with Crippen molar-refractivity contribution in [3.8, 4) is 17.2 Å².